The van der Waals surface area contributed by atoms with Gasteiger partial charge in [0, 0.05) is 6.07 Å². The van der Waals surface area contributed by atoms with Crippen molar-refractivity contribution in [3.63, 3.8) is 0 Å². The molecule has 1 heterocycles. The van der Waals surface area contributed by atoms with Gasteiger partial charge >= 0.3 is 5.97 Å². The fourth-order valence-electron chi connectivity index (χ4n) is 1.79. The molecule has 0 fully saturated rings. The van der Waals surface area contributed by atoms with Gasteiger partial charge in [-0.15, -0.1) is 0 Å². The topological polar surface area (TPSA) is 80.9 Å². The Hall–Kier alpha value is -2.63. The van der Waals surface area contributed by atoms with Gasteiger partial charge in [0.05, 0.1) is 32.7 Å². The van der Waals surface area contributed by atoms with Gasteiger partial charge in [-0.1, -0.05) is 0 Å². The molecular weight excluding hydrogens is 262 g/mol. The quantitative estimate of drug-likeness (QED) is 0.844. The number of methoxy groups -OCH3 is 2. The Morgan fingerprint density at radius 1 is 1.30 bits per heavy atom. The molecule has 106 valence electrons. The lowest BCUT2D eigenvalue weighted by atomic mass is 10.2. The van der Waals surface area contributed by atoms with Crippen molar-refractivity contribution >= 4 is 11.7 Å². The molecule has 6 heteroatoms. The van der Waals surface area contributed by atoms with Gasteiger partial charge < -0.3 is 24.3 Å². The minimum atomic E-state index is -1.02. The average Bonchev–Trinajstić information content (AvgIpc) is 2.93. The van der Waals surface area contributed by atoms with Gasteiger partial charge in [0.1, 0.15) is 22.8 Å². The molecule has 6 nitrogen and oxygen atoms in total. The summed E-state index contributed by atoms with van der Waals surface area (Å²) in [5.41, 5.74) is 0.867. The lowest BCUT2D eigenvalue weighted by Gasteiger charge is -2.11. The molecule has 1 aromatic carbocycles. The molecule has 0 aliphatic heterocycles. The third-order valence-corrected chi connectivity index (χ3v) is 2.82. The maximum absolute atomic E-state index is 11.0. The van der Waals surface area contributed by atoms with Crippen LogP contribution in [0, 0.1) is 0 Å². The van der Waals surface area contributed by atoms with Crippen LogP contribution in [0.2, 0.25) is 0 Å². The van der Waals surface area contributed by atoms with Crippen molar-refractivity contribution in [3.8, 4) is 11.5 Å². The average molecular weight is 277 g/mol. The summed E-state index contributed by atoms with van der Waals surface area (Å²) in [5, 5.41) is 12.1. The van der Waals surface area contributed by atoms with E-state index in [0.717, 1.165) is 5.69 Å². The molecule has 0 aliphatic rings. The summed E-state index contributed by atoms with van der Waals surface area (Å²) in [4.78, 5) is 11.0. The number of hydrogen-bond donors (Lipinski definition) is 2. The summed E-state index contributed by atoms with van der Waals surface area (Å²) in [7, 11) is 3.12. The van der Waals surface area contributed by atoms with Crippen LogP contribution in [-0.4, -0.2) is 25.3 Å². The molecular formula is C14H15NO5. The van der Waals surface area contributed by atoms with Gasteiger partial charge in [-0.2, -0.15) is 0 Å². The Bertz CT molecular complexity index is 605. The largest absolute Gasteiger partial charge is 0.497 e. The lowest BCUT2D eigenvalue weighted by molar-refractivity contribution is 0.0694. The Morgan fingerprint density at radius 3 is 2.75 bits per heavy atom. The molecule has 0 saturated carbocycles. The number of carbonyl (C=O) groups is 1. The van der Waals surface area contributed by atoms with E-state index in [4.69, 9.17) is 19.0 Å². The molecule has 0 bridgehead atoms. The van der Waals surface area contributed by atoms with Crippen LogP contribution in [-0.2, 0) is 6.54 Å². The fraction of sp³-hybridized carbons (Fsp3) is 0.214. The van der Waals surface area contributed by atoms with Crippen LogP contribution in [0.3, 0.4) is 0 Å². The Balaban J connectivity index is 2.14. The number of anilines is 1. The highest BCUT2D eigenvalue weighted by Gasteiger charge is 2.13. The first-order valence-electron chi connectivity index (χ1n) is 5.91. The summed E-state index contributed by atoms with van der Waals surface area (Å²) < 4.78 is 15.5. The minimum Gasteiger partial charge on any atom is -0.497 e. The molecule has 2 N–H and O–H groups in total. The molecule has 20 heavy (non-hydrogen) atoms. The predicted octanol–water partition coefficient (Wildman–Crippen LogP) is 2.61. The molecule has 0 unspecified atom stereocenters. The zero-order valence-electron chi connectivity index (χ0n) is 11.2. The second-order valence-electron chi connectivity index (χ2n) is 3.98. The van der Waals surface area contributed by atoms with Gasteiger partial charge in [0.15, 0.2) is 0 Å². The SMILES string of the molecule is COc1ccc(NCc2occc2C(=O)O)c(OC)c1. The molecule has 2 aromatic rings. The number of carboxylic acid groups (broad SMARTS) is 1. The molecule has 0 saturated heterocycles. The van der Waals surface area contributed by atoms with Crippen molar-refractivity contribution in [3.05, 3.63) is 41.9 Å². The van der Waals surface area contributed by atoms with Crippen molar-refractivity contribution < 1.29 is 23.8 Å². The van der Waals surface area contributed by atoms with E-state index in [9.17, 15) is 4.79 Å². The van der Waals surface area contributed by atoms with E-state index >= 15 is 0 Å². The lowest BCUT2D eigenvalue weighted by Crippen LogP contribution is -2.05. The predicted molar refractivity (Wildman–Crippen MR) is 72.5 cm³/mol. The van der Waals surface area contributed by atoms with E-state index in [1.807, 2.05) is 0 Å². The number of benzene rings is 1. The van der Waals surface area contributed by atoms with E-state index in [1.165, 1.54) is 12.3 Å². The molecule has 0 radical (unpaired) electrons. The first-order valence-corrected chi connectivity index (χ1v) is 5.91. The first-order chi connectivity index (χ1) is 9.65. The molecule has 1 aromatic heterocycles. The van der Waals surface area contributed by atoms with Crippen molar-refractivity contribution in [2.24, 2.45) is 0 Å². The van der Waals surface area contributed by atoms with Gasteiger partial charge in [-0.25, -0.2) is 4.79 Å². The summed E-state index contributed by atoms with van der Waals surface area (Å²) in [5.74, 6) is 0.622. The van der Waals surface area contributed by atoms with Crippen molar-refractivity contribution in [2.45, 2.75) is 6.54 Å². The highest BCUT2D eigenvalue weighted by atomic mass is 16.5. The number of hydrogen-bond acceptors (Lipinski definition) is 5. The van der Waals surface area contributed by atoms with Crippen LogP contribution in [0.5, 0.6) is 11.5 Å². The van der Waals surface area contributed by atoms with E-state index in [-0.39, 0.29) is 12.1 Å². The van der Waals surface area contributed by atoms with Crippen molar-refractivity contribution in [2.75, 3.05) is 19.5 Å². The fourth-order valence-corrected chi connectivity index (χ4v) is 1.79. The second kappa shape index (κ2) is 6.01. The third-order valence-electron chi connectivity index (χ3n) is 2.82. The number of furan rings is 1. The summed E-state index contributed by atoms with van der Waals surface area (Å²) >= 11 is 0. The highest BCUT2D eigenvalue weighted by Crippen LogP contribution is 2.29. The first kappa shape index (κ1) is 13.8. The van der Waals surface area contributed by atoms with Crippen LogP contribution in [0.25, 0.3) is 0 Å². The third kappa shape index (κ3) is 2.85. The molecule has 0 spiro atoms. The molecule has 0 atom stereocenters. The molecule has 0 aliphatic carbocycles. The standard InChI is InChI=1S/C14H15NO5/c1-18-9-3-4-11(12(7-9)19-2)15-8-13-10(14(16)17)5-6-20-13/h3-7,15H,8H2,1-2H3,(H,16,17). The second-order valence-corrected chi connectivity index (χ2v) is 3.98. The summed E-state index contributed by atoms with van der Waals surface area (Å²) in [6.45, 7) is 0.247. The zero-order valence-corrected chi connectivity index (χ0v) is 11.2. The Labute approximate surface area is 115 Å². The van der Waals surface area contributed by atoms with E-state index in [0.29, 0.717) is 17.3 Å². The van der Waals surface area contributed by atoms with Crippen LogP contribution < -0.4 is 14.8 Å². The van der Waals surface area contributed by atoms with Gasteiger partial charge in [0.25, 0.3) is 0 Å². The minimum absolute atomic E-state index is 0.143. The van der Waals surface area contributed by atoms with Crippen molar-refractivity contribution in [1.29, 1.82) is 0 Å². The van der Waals surface area contributed by atoms with Crippen LogP contribution >= 0.6 is 0 Å². The van der Waals surface area contributed by atoms with Gasteiger partial charge in [-0.05, 0) is 18.2 Å². The number of ether oxygens (including phenoxy) is 2. The van der Waals surface area contributed by atoms with Gasteiger partial charge in [-0.3, -0.25) is 0 Å². The van der Waals surface area contributed by atoms with Crippen LogP contribution in [0.15, 0.2) is 34.9 Å². The maximum Gasteiger partial charge on any atom is 0.339 e. The van der Waals surface area contributed by atoms with Crippen molar-refractivity contribution in [1.82, 2.24) is 0 Å². The highest BCUT2D eigenvalue weighted by molar-refractivity contribution is 5.88. The van der Waals surface area contributed by atoms with E-state index < -0.39 is 5.97 Å². The van der Waals surface area contributed by atoms with E-state index in [2.05, 4.69) is 5.32 Å². The monoisotopic (exact) mass is 277 g/mol. The number of carboxylic acids is 1. The van der Waals surface area contributed by atoms with Crippen LogP contribution in [0.4, 0.5) is 5.69 Å². The maximum atomic E-state index is 11.0. The van der Waals surface area contributed by atoms with Gasteiger partial charge in [0.2, 0.25) is 0 Å². The van der Waals surface area contributed by atoms with E-state index in [1.54, 1.807) is 32.4 Å². The summed E-state index contributed by atoms with van der Waals surface area (Å²) in [6, 6.07) is 6.74. The smallest absolute Gasteiger partial charge is 0.339 e. The Morgan fingerprint density at radius 2 is 2.10 bits per heavy atom. The zero-order chi connectivity index (χ0) is 14.5. The normalized spacial score (nSPS) is 10.1. The summed E-state index contributed by atoms with van der Waals surface area (Å²) in [6.07, 6.45) is 1.35. The number of aromatic carboxylic acids is 1. The number of rotatable bonds is 6. The molecule has 2 rings (SSSR count). The van der Waals surface area contributed by atoms with Crippen LogP contribution in [0.1, 0.15) is 16.1 Å². The number of nitrogens with one attached hydrogen (secondary N) is 1. The Kier molecular flexibility index (Phi) is 4.14. The molecule has 0 amide bonds.